The lowest BCUT2D eigenvalue weighted by Crippen LogP contribution is -2.49. The van der Waals surface area contributed by atoms with E-state index in [0.717, 1.165) is 0 Å². The van der Waals surface area contributed by atoms with Gasteiger partial charge in [0.05, 0.1) is 21.3 Å². The van der Waals surface area contributed by atoms with Crippen molar-refractivity contribution in [3.63, 3.8) is 0 Å². The number of carbonyl (C=O) groups excluding carboxylic acids is 2. The molecule has 0 fully saturated rings. The minimum atomic E-state index is -0.526. The predicted octanol–water partition coefficient (Wildman–Crippen LogP) is 1.43. The van der Waals surface area contributed by atoms with Crippen molar-refractivity contribution >= 4 is 29.1 Å². The molecule has 10 heteroatoms. The molecule has 0 aliphatic carbocycles. The Morgan fingerprint density at radius 1 is 0.931 bits per heavy atom. The number of hydrogen-bond acceptors (Lipinski definition) is 7. The number of benzene rings is 2. The van der Waals surface area contributed by atoms with Crippen LogP contribution in [-0.2, 0) is 4.79 Å². The summed E-state index contributed by atoms with van der Waals surface area (Å²) >= 11 is 4.98. The van der Waals surface area contributed by atoms with Gasteiger partial charge in [0.15, 0.2) is 23.2 Å². The number of nitrogens with one attached hydrogen (secondary N) is 3. The zero-order chi connectivity index (χ0) is 21.2. The second-order valence-electron chi connectivity index (χ2n) is 5.47. The summed E-state index contributed by atoms with van der Waals surface area (Å²) in [4.78, 5) is 24.2. The molecular formula is C19H21N3O6S. The second-order valence-corrected chi connectivity index (χ2v) is 5.88. The Morgan fingerprint density at radius 2 is 1.55 bits per heavy atom. The van der Waals surface area contributed by atoms with Crippen LogP contribution >= 0.6 is 12.2 Å². The van der Waals surface area contributed by atoms with Crippen molar-refractivity contribution < 1.29 is 28.5 Å². The summed E-state index contributed by atoms with van der Waals surface area (Å²) in [5.74, 6) is 0.560. The molecule has 0 saturated carbocycles. The highest BCUT2D eigenvalue weighted by Gasteiger charge is 2.17. The van der Waals surface area contributed by atoms with Crippen molar-refractivity contribution in [3.8, 4) is 23.0 Å². The topological polar surface area (TPSA) is 107 Å². The highest BCUT2D eigenvalue weighted by Crippen LogP contribution is 2.38. The molecule has 0 spiro atoms. The Kier molecular flexibility index (Phi) is 8.04. The SMILES string of the molecule is COc1cc(C(=O)NNC(=S)NC(=O)COc2ccccc2)cc(OC)c1OC. The molecule has 29 heavy (non-hydrogen) atoms. The molecule has 3 N–H and O–H groups in total. The van der Waals surface area contributed by atoms with Crippen molar-refractivity contribution in [1.82, 2.24) is 16.2 Å². The zero-order valence-corrected chi connectivity index (χ0v) is 16.9. The van der Waals surface area contributed by atoms with Gasteiger partial charge in [-0.3, -0.25) is 25.8 Å². The van der Waals surface area contributed by atoms with Crippen molar-refractivity contribution in [3.05, 3.63) is 48.0 Å². The third-order valence-corrected chi connectivity index (χ3v) is 3.79. The summed E-state index contributed by atoms with van der Waals surface area (Å²) < 4.78 is 20.9. The Morgan fingerprint density at radius 3 is 2.10 bits per heavy atom. The minimum absolute atomic E-state index is 0.0903. The summed E-state index contributed by atoms with van der Waals surface area (Å²) in [7, 11) is 4.35. The first-order chi connectivity index (χ1) is 14.0. The summed E-state index contributed by atoms with van der Waals surface area (Å²) in [6.07, 6.45) is 0. The molecule has 0 radical (unpaired) electrons. The minimum Gasteiger partial charge on any atom is -0.493 e. The van der Waals surface area contributed by atoms with Gasteiger partial charge in [-0.1, -0.05) is 18.2 Å². The largest absolute Gasteiger partial charge is 0.493 e. The van der Waals surface area contributed by atoms with Crippen LogP contribution in [0.25, 0.3) is 0 Å². The van der Waals surface area contributed by atoms with Gasteiger partial charge in [-0.15, -0.1) is 0 Å². The van der Waals surface area contributed by atoms with E-state index in [9.17, 15) is 9.59 Å². The molecule has 0 aromatic heterocycles. The van der Waals surface area contributed by atoms with E-state index in [4.69, 9.17) is 31.2 Å². The fourth-order valence-corrected chi connectivity index (χ4v) is 2.42. The fraction of sp³-hybridized carbons (Fsp3) is 0.211. The van der Waals surface area contributed by atoms with Gasteiger partial charge in [0.1, 0.15) is 5.75 Å². The van der Waals surface area contributed by atoms with Crippen LogP contribution in [0.15, 0.2) is 42.5 Å². The maximum absolute atomic E-state index is 12.4. The van der Waals surface area contributed by atoms with Crippen LogP contribution in [0.5, 0.6) is 23.0 Å². The van der Waals surface area contributed by atoms with Gasteiger partial charge in [0, 0.05) is 5.56 Å². The van der Waals surface area contributed by atoms with Gasteiger partial charge in [-0.05, 0) is 36.5 Å². The van der Waals surface area contributed by atoms with E-state index in [1.807, 2.05) is 6.07 Å². The molecule has 0 bridgehead atoms. The lowest BCUT2D eigenvalue weighted by Gasteiger charge is -2.15. The van der Waals surface area contributed by atoms with Crippen LogP contribution in [0, 0.1) is 0 Å². The van der Waals surface area contributed by atoms with E-state index < -0.39 is 11.8 Å². The number of thiocarbonyl (C=S) groups is 1. The molecule has 0 aliphatic heterocycles. The average molecular weight is 419 g/mol. The van der Waals surface area contributed by atoms with E-state index in [2.05, 4.69) is 16.2 Å². The van der Waals surface area contributed by atoms with Gasteiger partial charge in [0.2, 0.25) is 5.75 Å². The molecule has 9 nitrogen and oxygen atoms in total. The number of hydrazine groups is 1. The Bertz CT molecular complexity index is 850. The Hall–Kier alpha value is -3.53. The molecule has 0 unspecified atom stereocenters. The Balaban J connectivity index is 1.88. The lowest BCUT2D eigenvalue weighted by atomic mass is 10.1. The number of rotatable bonds is 7. The normalized spacial score (nSPS) is 9.76. The summed E-state index contributed by atoms with van der Waals surface area (Å²) in [5, 5.41) is 2.30. The number of ether oxygens (including phenoxy) is 4. The Labute approximate surface area is 173 Å². The van der Waals surface area contributed by atoms with E-state index >= 15 is 0 Å². The molecule has 0 atom stereocenters. The van der Waals surface area contributed by atoms with Gasteiger partial charge in [-0.2, -0.15) is 0 Å². The van der Waals surface area contributed by atoms with Gasteiger partial charge in [-0.25, -0.2) is 0 Å². The van der Waals surface area contributed by atoms with Crippen LogP contribution in [0.4, 0.5) is 0 Å². The van der Waals surface area contributed by atoms with Gasteiger partial charge >= 0.3 is 0 Å². The molecule has 0 heterocycles. The second kappa shape index (κ2) is 10.7. The van der Waals surface area contributed by atoms with Crippen molar-refractivity contribution in [2.24, 2.45) is 0 Å². The van der Waals surface area contributed by atoms with Crippen LogP contribution < -0.4 is 35.1 Å². The number of carbonyl (C=O) groups is 2. The number of amides is 2. The summed E-state index contributed by atoms with van der Waals surface area (Å²) in [6, 6.07) is 11.8. The predicted molar refractivity (Wildman–Crippen MR) is 109 cm³/mol. The first kappa shape index (κ1) is 21.8. The summed E-state index contributed by atoms with van der Waals surface area (Å²) in [6.45, 7) is -0.230. The standard InChI is InChI=1S/C19H21N3O6S/c1-25-14-9-12(10-15(26-2)17(14)27-3)18(24)21-22-19(29)20-16(23)11-28-13-7-5-4-6-8-13/h4-10H,11H2,1-3H3,(H,21,24)(H2,20,22,23,29). The summed E-state index contributed by atoms with van der Waals surface area (Å²) in [5.41, 5.74) is 5.06. The quantitative estimate of drug-likeness (QED) is 0.457. The van der Waals surface area contributed by atoms with Crippen molar-refractivity contribution in [2.45, 2.75) is 0 Å². The molecule has 154 valence electrons. The molecule has 2 amide bonds. The van der Waals surface area contributed by atoms with E-state index in [-0.39, 0.29) is 17.3 Å². The molecule has 2 aromatic carbocycles. The van der Waals surface area contributed by atoms with Gasteiger partial charge < -0.3 is 18.9 Å². The van der Waals surface area contributed by atoms with Gasteiger partial charge in [0.25, 0.3) is 11.8 Å². The molecule has 2 aromatic rings. The number of hydrogen-bond donors (Lipinski definition) is 3. The zero-order valence-electron chi connectivity index (χ0n) is 16.1. The molecular weight excluding hydrogens is 398 g/mol. The first-order valence-corrected chi connectivity index (χ1v) is 8.77. The highest BCUT2D eigenvalue weighted by molar-refractivity contribution is 7.80. The van der Waals surface area contributed by atoms with Crippen molar-refractivity contribution in [1.29, 1.82) is 0 Å². The van der Waals surface area contributed by atoms with E-state index in [0.29, 0.717) is 23.0 Å². The highest BCUT2D eigenvalue weighted by atomic mass is 32.1. The maximum Gasteiger partial charge on any atom is 0.269 e. The van der Waals surface area contributed by atoms with E-state index in [1.165, 1.54) is 33.5 Å². The molecule has 2 rings (SSSR count). The smallest absolute Gasteiger partial charge is 0.269 e. The monoisotopic (exact) mass is 419 g/mol. The molecule has 0 saturated heterocycles. The maximum atomic E-state index is 12.4. The van der Waals surface area contributed by atoms with Crippen LogP contribution in [0.3, 0.4) is 0 Å². The van der Waals surface area contributed by atoms with Crippen LogP contribution in [-0.4, -0.2) is 44.9 Å². The van der Waals surface area contributed by atoms with Crippen LogP contribution in [0.1, 0.15) is 10.4 Å². The fourth-order valence-electron chi connectivity index (χ4n) is 2.26. The van der Waals surface area contributed by atoms with Crippen LogP contribution in [0.2, 0.25) is 0 Å². The third kappa shape index (κ3) is 6.25. The first-order valence-electron chi connectivity index (χ1n) is 8.36. The lowest BCUT2D eigenvalue weighted by molar-refractivity contribution is -0.121. The molecule has 0 aliphatic rings. The number of methoxy groups -OCH3 is 3. The third-order valence-electron chi connectivity index (χ3n) is 3.58. The van der Waals surface area contributed by atoms with Crippen molar-refractivity contribution in [2.75, 3.05) is 27.9 Å². The average Bonchev–Trinajstić information content (AvgIpc) is 2.75. The number of para-hydroxylation sites is 1. The van der Waals surface area contributed by atoms with E-state index in [1.54, 1.807) is 24.3 Å².